The second-order valence-corrected chi connectivity index (χ2v) is 6.37. The van der Waals surface area contributed by atoms with Crippen LogP contribution in [-0.4, -0.2) is 26.6 Å². The minimum absolute atomic E-state index is 0.311. The predicted octanol–water partition coefficient (Wildman–Crippen LogP) is 4.15. The molecule has 2 heterocycles. The Morgan fingerprint density at radius 1 is 1.00 bits per heavy atom. The van der Waals surface area contributed by atoms with Gasteiger partial charge in [-0.25, -0.2) is 4.98 Å². The van der Waals surface area contributed by atoms with E-state index < -0.39 is 0 Å². The van der Waals surface area contributed by atoms with Crippen molar-refractivity contribution in [2.24, 2.45) is 4.99 Å². The monoisotopic (exact) mass is 351 g/mol. The molecule has 108 valence electrons. The quantitative estimate of drug-likeness (QED) is 0.638. The zero-order valence-corrected chi connectivity index (χ0v) is 13.4. The van der Waals surface area contributed by atoms with E-state index in [1.807, 2.05) is 42.5 Å². The molecule has 1 atom stereocenters. The summed E-state index contributed by atoms with van der Waals surface area (Å²) in [6.45, 7) is 0.740. The molecule has 0 saturated carbocycles. The summed E-state index contributed by atoms with van der Waals surface area (Å²) in [6.07, 6.45) is 4.17. The lowest BCUT2D eigenvalue weighted by Crippen LogP contribution is -2.14. The molecule has 0 aliphatic carbocycles. The topological polar surface area (TPSA) is 30.2 Å². The van der Waals surface area contributed by atoms with Crippen molar-refractivity contribution in [3.05, 3.63) is 72.6 Å². The molecule has 3 nitrogen and oxygen atoms in total. The number of nitrogens with zero attached hydrogens (tertiary/aromatic N) is 3. The summed E-state index contributed by atoms with van der Waals surface area (Å²) in [5, 5.41) is 0. The maximum absolute atomic E-state index is 4.80. The van der Waals surface area contributed by atoms with Gasteiger partial charge in [0.1, 0.15) is 5.71 Å². The van der Waals surface area contributed by atoms with Crippen LogP contribution in [0.2, 0.25) is 0 Å². The largest absolute Gasteiger partial charge is 0.291 e. The van der Waals surface area contributed by atoms with Gasteiger partial charge in [-0.05, 0) is 30.3 Å². The van der Waals surface area contributed by atoms with Crippen molar-refractivity contribution in [3.63, 3.8) is 0 Å². The molecular formula is C18H14BrN3. The molecule has 1 aliphatic rings. The van der Waals surface area contributed by atoms with Crippen molar-refractivity contribution < 1.29 is 0 Å². The first-order valence-corrected chi connectivity index (χ1v) is 8.14. The van der Waals surface area contributed by atoms with Gasteiger partial charge in [0, 0.05) is 5.69 Å². The van der Waals surface area contributed by atoms with E-state index in [0.29, 0.717) is 4.83 Å². The van der Waals surface area contributed by atoms with Gasteiger partial charge in [-0.2, -0.15) is 0 Å². The number of halogens is 1. The van der Waals surface area contributed by atoms with Crippen LogP contribution in [0, 0.1) is 0 Å². The van der Waals surface area contributed by atoms with Gasteiger partial charge in [-0.15, -0.1) is 0 Å². The van der Waals surface area contributed by atoms with Crippen LogP contribution in [0.3, 0.4) is 0 Å². The first kappa shape index (κ1) is 13.5. The van der Waals surface area contributed by atoms with Gasteiger partial charge in [-0.1, -0.05) is 52.3 Å². The Balaban J connectivity index is 1.97. The van der Waals surface area contributed by atoms with Gasteiger partial charge in [-0.3, -0.25) is 9.56 Å². The number of aliphatic imine (C=N–C) groups is 1. The second-order valence-electron chi connectivity index (χ2n) is 5.20. The van der Waals surface area contributed by atoms with Crippen molar-refractivity contribution in [1.29, 1.82) is 0 Å². The van der Waals surface area contributed by atoms with Gasteiger partial charge in [0.15, 0.2) is 5.82 Å². The molecule has 1 aliphatic heterocycles. The van der Waals surface area contributed by atoms with Crippen molar-refractivity contribution in [3.8, 4) is 5.69 Å². The Morgan fingerprint density at radius 2 is 1.77 bits per heavy atom. The van der Waals surface area contributed by atoms with Gasteiger partial charge in [0.2, 0.25) is 0 Å². The summed E-state index contributed by atoms with van der Waals surface area (Å²) in [7, 11) is 0. The summed E-state index contributed by atoms with van der Waals surface area (Å²) in [6, 6.07) is 18.5. The molecule has 0 N–H and O–H groups in total. The highest BCUT2D eigenvalue weighted by atomic mass is 79.9. The van der Waals surface area contributed by atoms with Crippen LogP contribution in [0.1, 0.15) is 5.82 Å². The lowest BCUT2D eigenvalue weighted by molar-refractivity contribution is 1.000. The van der Waals surface area contributed by atoms with Crippen molar-refractivity contribution in [2.45, 2.75) is 4.83 Å². The summed E-state index contributed by atoms with van der Waals surface area (Å²) < 4.78 is 2.17. The Hall–Kier alpha value is -2.20. The maximum Gasteiger partial charge on any atom is 0.163 e. The molecule has 3 aromatic rings. The number of imidazole rings is 1. The third kappa shape index (κ3) is 2.29. The average molecular weight is 352 g/mol. The Morgan fingerprint density at radius 3 is 2.55 bits per heavy atom. The Kier molecular flexibility index (Phi) is 3.39. The molecular weight excluding hydrogens is 338 g/mol. The number of alkyl halides is 1. The molecule has 2 aromatic carbocycles. The lowest BCUT2D eigenvalue weighted by Gasteiger charge is -2.12. The minimum atomic E-state index is 0.311. The van der Waals surface area contributed by atoms with Crippen molar-refractivity contribution in [2.75, 3.05) is 6.54 Å². The zero-order chi connectivity index (χ0) is 14.9. The van der Waals surface area contributed by atoms with E-state index in [1.54, 1.807) is 0 Å². The lowest BCUT2D eigenvalue weighted by atomic mass is 10.2. The molecule has 4 rings (SSSR count). The summed E-state index contributed by atoms with van der Waals surface area (Å²) in [4.78, 5) is 9.78. The van der Waals surface area contributed by atoms with Crippen LogP contribution in [-0.2, 0) is 0 Å². The molecule has 4 heteroatoms. The standard InChI is InChI=1S/C18H14BrN3/c19-13-10-11-16(20-12-13)18-21-15-8-4-5-9-17(15)22(18)14-6-2-1-3-7-14/h1-11,13H,12H2. The van der Waals surface area contributed by atoms with E-state index in [9.17, 15) is 0 Å². The Labute approximate surface area is 137 Å². The number of aromatic nitrogens is 2. The number of benzene rings is 2. The molecule has 0 amide bonds. The van der Waals surface area contributed by atoms with Gasteiger partial charge in [0.25, 0.3) is 0 Å². The normalized spacial score (nSPS) is 17.7. The fraction of sp³-hybridized carbons (Fsp3) is 0.111. The second kappa shape index (κ2) is 5.54. The van der Waals surface area contributed by atoms with E-state index in [2.05, 4.69) is 49.8 Å². The van der Waals surface area contributed by atoms with Crippen molar-refractivity contribution in [1.82, 2.24) is 9.55 Å². The van der Waals surface area contributed by atoms with Crippen LogP contribution >= 0.6 is 15.9 Å². The van der Waals surface area contributed by atoms with E-state index >= 15 is 0 Å². The Bertz CT molecular complexity index is 878. The minimum Gasteiger partial charge on any atom is -0.291 e. The number of para-hydroxylation sites is 3. The zero-order valence-electron chi connectivity index (χ0n) is 11.9. The number of fused-ring (bicyclic) bond motifs is 1. The predicted molar refractivity (Wildman–Crippen MR) is 94.3 cm³/mol. The van der Waals surface area contributed by atoms with Gasteiger partial charge < -0.3 is 0 Å². The third-order valence-electron chi connectivity index (χ3n) is 3.70. The number of hydrogen-bond donors (Lipinski definition) is 0. The van der Waals surface area contributed by atoms with E-state index in [0.717, 1.165) is 34.8 Å². The number of dihydropyridines is 1. The van der Waals surface area contributed by atoms with Crippen LogP contribution in [0.15, 0.2) is 71.7 Å². The molecule has 0 radical (unpaired) electrons. The molecule has 0 spiro atoms. The van der Waals surface area contributed by atoms with Crippen LogP contribution < -0.4 is 0 Å². The first-order valence-electron chi connectivity index (χ1n) is 7.23. The van der Waals surface area contributed by atoms with E-state index in [4.69, 9.17) is 4.98 Å². The summed E-state index contributed by atoms with van der Waals surface area (Å²) in [5.41, 5.74) is 4.11. The highest BCUT2D eigenvalue weighted by Gasteiger charge is 2.17. The molecule has 0 fully saturated rings. The molecule has 1 aromatic heterocycles. The van der Waals surface area contributed by atoms with E-state index in [1.165, 1.54) is 0 Å². The number of rotatable bonds is 2. The SMILES string of the molecule is BrC1C=CC(c2nc3ccccc3n2-c2ccccc2)=NC1. The van der Waals surface area contributed by atoms with Crippen LogP contribution in [0.5, 0.6) is 0 Å². The van der Waals surface area contributed by atoms with Crippen molar-refractivity contribution >= 4 is 32.7 Å². The van der Waals surface area contributed by atoms with Gasteiger partial charge in [0.05, 0.1) is 22.4 Å². The molecule has 0 bridgehead atoms. The average Bonchev–Trinajstić information content (AvgIpc) is 2.96. The fourth-order valence-corrected chi connectivity index (χ4v) is 2.97. The highest BCUT2D eigenvalue weighted by Crippen LogP contribution is 2.23. The van der Waals surface area contributed by atoms with E-state index in [-0.39, 0.29) is 0 Å². The van der Waals surface area contributed by atoms with Crippen LogP contribution in [0.25, 0.3) is 16.7 Å². The number of allylic oxidation sites excluding steroid dienone is 1. The van der Waals surface area contributed by atoms with Gasteiger partial charge >= 0.3 is 0 Å². The smallest absolute Gasteiger partial charge is 0.163 e. The summed E-state index contributed by atoms with van der Waals surface area (Å²) >= 11 is 3.57. The van der Waals surface area contributed by atoms with Crippen LogP contribution in [0.4, 0.5) is 0 Å². The fourth-order valence-electron chi connectivity index (χ4n) is 2.68. The molecule has 22 heavy (non-hydrogen) atoms. The number of hydrogen-bond acceptors (Lipinski definition) is 2. The summed E-state index contributed by atoms with van der Waals surface area (Å²) in [5.74, 6) is 0.892. The molecule has 0 saturated heterocycles. The third-order valence-corrected chi connectivity index (χ3v) is 4.30. The maximum atomic E-state index is 4.80. The highest BCUT2D eigenvalue weighted by molar-refractivity contribution is 9.09. The first-order chi connectivity index (χ1) is 10.8. The molecule has 1 unspecified atom stereocenters.